The highest BCUT2D eigenvalue weighted by Gasteiger charge is 2.25. The normalized spacial score (nSPS) is 12.1. The van der Waals surface area contributed by atoms with Crippen molar-refractivity contribution in [3.05, 3.63) is 182 Å². The van der Waals surface area contributed by atoms with E-state index in [9.17, 15) is 0 Å². The third-order valence-electron chi connectivity index (χ3n) is 11.7. The van der Waals surface area contributed by atoms with Gasteiger partial charge in [0.1, 0.15) is 16.8 Å². The van der Waals surface area contributed by atoms with E-state index < -0.39 is 0 Å². The topological polar surface area (TPSA) is 74.6 Å². The minimum absolute atomic E-state index is 0.564. The largest absolute Gasteiger partial charge is 0.452 e. The van der Waals surface area contributed by atoms with E-state index in [0.29, 0.717) is 17.5 Å². The summed E-state index contributed by atoms with van der Waals surface area (Å²) in [6.07, 6.45) is 0. The maximum atomic E-state index is 6.57. The van der Waals surface area contributed by atoms with Crippen molar-refractivity contribution in [2.75, 3.05) is 0 Å². The average molecular weight is 755 g/mol. The first kappa shape index (κ1) is 32.0. The van der Waals surface area contributed by atoms with Crippen LogP contribution in [0.25, 0.3) is 122 Å². The van der Waals surface area contributed by atoms with Gasteiger partial charge in [0.25, 0.3) is 0 Å². The van der Waals surface area contributed by atoms with Crippen molar-refractivity contribution in [2.24, 2.45) is 0 Å². The molecule has 5 heterocycles. The monoisotopic (exact) mass is 754 g/mol. The molecular weight excluding hydrogens is 725 g/mol. The Hall–Kier alpha value is -8.16. The molecular formula is C52H30N6O. The van der Waals surface area contributed by atoms with Crippen LogP contribution < -0.4 is 0 Å². The molecule has 0 amide bonds. The zero-order valence-electron chi connectivity index (χ0n) is 31.4. The van der Waals surface area contributed by atoms with Gasteiger partial charge in [-0.3, -0.25) is 9.13 Å². The van der Waals surface area contributed by atoms with Crippen LogP contribution in [0.4, 0.5) is 0 Å². The van der Waals surface area contributed by atoms with Crippen molar-refractivity contribution in [3.63, 3.8) is 0 Å². The molecule has 0 spiro atoms. The molecule has 8 aromatic carbocycles. The summed E-state index contributed by atoms with van der Waals surface area (Å²) in [4.78, 5) is 21.5. The van der Waals surface area contributed by atoms with E-state index in [4.69, 9.17) is 24.4 Å². The highest BCUT2D eigenvalue weighted by Crippen LogP contribution is 2.43. The van der Waals surface area contributed by atoms with Crippen LogP contribution in [0.3, 0.4) is 0 Å². The molecule has 0 unspecified atom stereocenters. The molecule has 0 radical (unpaired) electrons. The summed E-state index contributed by atoms with van der Waals surface area (Å²) in [7, 11) is 0. The summed E-state index contributed by atoms with van der Waals surface area (Å²) in [5.41, 5.74) is 10.7. The van der Waals surface area contributed by atoms with Gasteiger partial charge in [-0.25, -0.2) is 19.9 Å². The minimum atomic E-state index is 0.564. The number of nitrogens with zero attached hydrogens (tertiary/aromatic N) is 6. The van der Waals surface area contributed by atoms with Crippen LogP contribution in [0.1, 0.15) is 0 Å². The molecule has 13 aromatic rings. The van der Waals surface area contributed by atoms with Gasteiger partial charge in [0.05, 0.1) is 33.3 Å². The molecule has 0 aliphatic heterocycles. The highest BCUT2D eigenvalue weighted by molar-refractivity contribution is 6.26. The van der Waals surface area contributed by atoms with Gasteiger partial charge in [0.15, 0.2) is 5.58 Å². The van der Waals surface area contributed by atoms with Crippen LogP contribution in [0, 0.1) is 0 Å². The Kier molecular flexibility index (Phi) is 6.60. The van der Waals surface area contributed by atoms with E-state index in [1.807, 2.05) is 36.4 Å². The van der Waals surface area contributed by atoms with E-state index in [-0.39, 0.29) is 0 Å². The van der Waals surface area contributed by atoms with Gasteiger partial charge in [-0.2, -0.15) is 0 Å². The Labute approximate surface area is 336 Å². The van der Waals surface area contributed by atoms with E-state index >= 15 is 0 Å². The molecule has 0 aliphatic rings. The van der Waals surface area contributed by atoms with Crippen molar-refractivity contribution in [2.45, 2.75) is 0 Å². The fraction of sp³-hybridized carbons (Fsp3) is 0. The Bertz CT molecular complexity index is 3860. The minimum Gasteiger partial charge on any atom is -0.452 e. The van der Waals surface area contributed by atoms with Gasteiger partial charge in [0.2, 0.25) is 11.9 Å². The molecule has 0 saturated heterocycles. The Balaban J connectivity index is 1.16. The van der Waals surface area contributed by atoms with Gasteiger partial charge >= 0.3 is 0 Å². The molecule has 13 rings (SSSR count). The highest BCUT2D eigenvalue weighted by atomic mass is 16.3. The summed E-state index contributed by atoms with van der Waals surface area (Å²) >= 11 is 0. The van der Waals surface area contributed by atoms with Crippen LogP contribution in [-0.4, -0.2) is 29.1 Å². The number of aromatic nitrogens is 6. The van der Waals surface area contributed by atoms with Crippen LogP contribution in [0.2, 0.25) is 0 Å². The fourth-order valence-corrected chi connectivity index (χ4v) is 9.12. The van der Waals surface area contributed by atoms with E-state index in [1.54, 1.807) is 0 Å². The van der Waals surface area contributed by atoms with Crippen LogP contribution in [0.5, 0.6) is 0 Å². The Morgan fingerprint density at radius 3 is 1.92 bits per heavy atom. The molecule has 0 aliphatic carbocycles. The Morgan fingerprint density at radius 2 is 1.05 bits per heavy atom. The van der Waals surface area contributed by atoms with Crippen molar-refractivity contribution in [1.82, 2.24) is 29.1 Å². The second-order valence-corrected chi connectivity index (χ2v) is 15.0. The van der Waals surface area contributed by atoms with Crippen molar-refractivity contribution >= 4 is 87.4 Å². The predicted octanol–water partition coefficient (Wildman–Crippen LogP) is 13.0. The smallest absolute Gasteiger partial charge is 0.236 e. The summed E-state index contributed by atoms with van der Waals surface area (Å²) < 4.78 is 11.0. The average Bonchev–Trinajstić information content (AvgIpc) is 3.96. The molecule has 0 saturated carbocycles. The second kappa shape index (κ2) is 12.2. The SMILES string of the molecule is c1ccc(-c2nc(-n3c4ccccc4c4ccc5c(c6ccccc6n5-c5nc(-c6ccc7ccccc7c6)c6oc7ccccc7c6n5)c43)nc3ccccc23)cc1. The maximum Gasteiger partial charge on any atom is 0.236 e. The molecule has 0 atom stereocenters. The molecule has 59 heavy (non-hydrogen) atoms. The first-order valence-electron chi connectivity index (χ1n) is 19.7. The van der Waals surface area contributed by atoms with Crippen molar-refractivity contribution < 1.29 is 4.42 Å². The van der Waals surface area contributed by atoms with Crippen LogP contribution in [-0.2, 0) is 0 Å². The number of hydrogen-bond donors (Lipinski definition) is 0. The number of hydrogen-bond acceptors (Lipinski definition) is 5. The summed E-state index contributed by atoms with van der Waals surface area (Å²) in [5.74, 6) is 1.17. The predicted molar refractivity (Wildman–Crippen MR) is 239 cm³/mol. The lowest BCUT2D eigenvalue weighted by Crippen LogP contribution is -2.04. The lowest BCUT2D eigenvalue weighted by molar-refractivity contribution is 0.666. The summed E-state index contributed by atoms with van der Waals surface area (Å²) in [5, 5.41) is 8.64. The third kappa shape index (κ3) is 4.64. The molecule has 0 fully saturated rings. The molecule has 5 aromatic heterocycles. The maximum absolute atomic E-state index is 6.57. The van der Waals surface area contributed by atoms with Gasteiger partial charge in [-0.05, 0) is 53.2 Å². The first-order valence-corrected chi connectivity index (χ1v) is 19.7. The van der Waals surface area contributed by atoms with Crippen LogP contribution >= 0.6 is 0 Å². The number of rotatable bonds is 4. The number of furan rings is 1. The third-order valence-corrected chi connectivity index (χ3v) is 11.7. The van der Waals surface area contributed by atoms with Crippen molar-refractivity contribution in [1.29, 1.82) is 0 Å². The van der Waals surface area contributed by atoms with Crippen LogP contribution in [0.15, 0.2) is 186 Å². The molecule has 7 heteroatoms. The van der Waals surface area contributed by atoms with E-state index in [1.165, 1.54) is 5.39 Å². The first-order chi connectivity index (χ1) is 29.3. The number of fused-ring (bicyclic) bond motifs is 12. The van der Waals surface area contributed by atoms with E-state index in [2.05, 4.69) is 155 Å². The van der Waals surface area contributed by atoms with E-state index in [0.717, 1.165) is 98.9 Å². The Morgan fingerprint density at radius 1 is 0.390 bits per heavy atom. The molecule has 0 bridgehead atoms. The lowest BCUT2D eigenvalue weighted by atomic mass is 10.0. The standard InChI is InChI=1S/C52H30N6O/c1-2-15-32(16-3-1)46-37-19-6-10-22-40(37)53-51(54-46)58-41-23-11-7-18-35(41)36-28-29-43-45(49(36)58)38-20-8-12-24-42(38)57(43)52-55-47(34-27-26-31-14-4-5-17-33(31)30-34)50-48(56-52)39-21-9-13-25-44(39)59-50/h1-30H. The summed E-state index contributed by atoms with van der Waals surface area (Å²) in [6, 6.07) is 63.1. The van der Waals surface area contributed by atoms with Crippen molar-refractivity contribution in [3.8, 4) is 34.4 Å². The fourth-order valence-electron chi connectivity index (χ4n) is 9.12. The van der Waals surface area contributed by atoms with Gasteiger partial charge in [-0.15, -0.1) is 0 Å². The van der Waals surface area contributed by atoms with Gasteiger partial charge in [0, 0.05) is 43.4 Å². The number of para-hydroxylation sites is 4. The number of benzene rings is 8. The van der Waals surface area contributed by atoms with Gasteiger partial charge in [-0.1, -0.05) is 140 Å². The summed E-state index contributed by atoms with van der Waals surface area (Å²) in [6.45, 7) is 0. The zero-order chi connectivity index (χ0) is 38.6. The molecule has 274 valence electrons. The molecule has 0 N–H and O–H groups in total. The van der Waals surface area contributed by atoms with Gasteiger partial charge < -0.3 is 4.42 Å². The quantitative estimate of drug-likeness (QED) is 0.179. The molecule has 7 nitrogen and oxygen atoms in total. The zero-order valence-corrected chi connectivity index (χ0v) is 31.4. The second-order valence-electron chi connectivity index (χ2n) is 15.0. The lowest BCUT2D eigenvalue weighted by Gasteiger charge is -2.12.